The molecule has 0 aromatic rings. The minimum absolute atomic E-state index is 0.143. The van der Waals surface area contributed by atoms with Gasteiger partial charge in [-0.05, 0) is 6.42 Å². The van der Waals surface area contributed by atoms with E-state index in [4.69, 9.17) is 11.5 Å². The van der Waals surface area contributed by atoms with Crippen LogP contribution in [0.5, 0.6) is 0 Å². The summed E-state index contributed by atoms with van der Waals surface area (Å²) >= 11 is 0. The molecule has 0 unspecified atom stereocenters. The van der Waals surface area contributed by atoms with Crippen LogP contribution in [0.3, 0.4) is 0 Å². The van der Waals surface area contributed by atoms with E-state index in [9.17, 15) is 9.90 Å². The number of hydrazine groups is 1. The zero-order chi connectivity index (χ0) is 11.8. The summed E-state index contributed by atoms with van der Waals surface area (Å²) in [5.41, 5.74) is 13.6. The molecule has 0 aliphatic rings. The topological polar surface area (TPSA) is 105 Å². The van der Waals surface area contributed by atoms with Crippen LogP contribution in [0.2, 0.25) is 0 Å². The number of nitrogens with two attached hydrogens (primary N) is 2. The summed E-state index contributed by atoms with van der Waals surface area (Å²) in [6.45, 7) is 2.83. The predicted octanol–water partition coefficient (Wildman–Crippen LogP) is -1.60. The molecule has 0 bridgehead atoms. The lowest BCUT2D eigenvalue weighted by Gasteiger charge is -2.18. The Balaban J connectivity index is 3.76. The molecule has 1 amide bonds. The van der Waals surface area contributed by atoms with Crippen LogP contribution >= 0.6 is 0 Å². The maximum Gasteiger partial charge on any atom is 0.235 e. The van der Waals surface area contributed by atoms with Crippen molar-refractivity contribution < 1.29 is 9.90 Å². The van der Waals surface area contributed by atoms with E-state index in [1.807, 2.05) is 6.92 Å². The average Bonchev–Trinajstić information content (AvgIpc) is 2.16. The molecule has 0 saturated carbocycles. The van der Waals surface area contributed by atoms with E-state index in [1.54, 1.807) is 12.1 Å². The van der Waals surface area contributed by atoms with Crippen LogP contribution in [0.25, 0.3) is 0 Å². The molecule has 0 fully saturated rings. The molecule has 6 heteroatoms. The molecule has 0 aliphatic heterocycles. The van der Waals surface area contributed by atoms with Crippen molar-refractivity contribution in [3.8, 4) is 0 Å². The molecule has 0 rings (SSSR count). The highest BCUT2D eigenvalue weighted by molar-refractivity contribution is 5.75. The fourth-order valence-electron chi connectivity index (χ4n) is 1.10. The summed E-state index contributed by atoms with van der Waals surface area (Å²) in [4.78, 5) is 11.3. The molecular formula is C9H22N4O2. The van der Waals surface area contributed by atoms with Crippen molar-refractivity contribution >= 4 is 5.91 Å². The van der Waals surface area contributed by atoms with Crippen molar-refractivity contribution in [1.29, 1.82) is 0 Å². The third kappa shape index (κ3) is 7.26. The first-order valence-electron chi connectivity index (χ1n) is 5.13. The third-order valence-corrected chi connectivity index (χ3v) is 2.08. The van der Waals surface area contributed by atoms with Gasteiger partial charge < -0.3 is 16.6 Å². The van der Waals surface area contributed by atoms with Crippen molar-refractivity contribution in [3.63, 3.8) is 0 Å². The van der Waals surface area contributed by atoms with Crippen LogP contribution in [0, 0.1) is 0 Å². The van der Waals surface area contributed by atoms with Crippen LogP contribution in [-0.2, 0) is 4.79 Å². The summed E-state index contributed by atoms with van der Waals surface area (Å²) < 4.78 is 0. The first kappa shape index (κ1) is 14.3. The Morgan fingerprint density at radius 2 is 2.20 bits per heavy atom. The zero-order valence-electron chi connectivity index (χ0n) is 9.44. The third-order valence-electron chi connectivity index (χ3n) is 2.08. The SMILES string of the molecule is CCN(C)NC(=O)C[C@@H](N)C[C@H](O)CN. The lowest BCUT2D eigenvalue weighted by molar-refractivity contribution is -0.125. The van der Waals surface area contributed by atoms with Crippen LogP contribution in [0.15, 0.2) is 0 Å². The number of nitrogens with zero attached hydrogens (tertiary/aromatic N) is 1. The molecule has 6 N–H and O–H groups in total. The maximum absolute atomic E-state index is 11.3. The Bertz CT molecular complexity index is 189. The highest BCUT2D eigenvalue weighted by atomic mass is 16.3. The van der Waals surface area contributed by atoms with Gasteiger partial charge in [-0.3, -0.25) is 10.2 Å². The van der Waals surface area contributed by atoms with E-state index in [1.165, 1.54) is 0 Å². The summed E-state index contributed by atoms with van der Waals surface area (Å²) in [5, 5.41) is 10.9. The Kier molecular flexibility index (Phi) is 7.23. The Morgan fingerprint density at radius 1 is 1.60 bits per heavy atom. The van der Waals surface area contributed by atoms with Crippen molar-refractivity contribution in [2.45, 2.75) is 31.9 Å². The van der Waals surface area contributed by atoms with Crippen molar-refractivity contribution in [2.24, 2.45) is 11.5 Å². The van der Waals surface area contributed by atoms with Gasteiger partial charge >= 0.3 is 0 Å². The Labute approximate surface area is 90.6 Å². The van der Waals surface area contributed by atoms with E-state index in [-0.39, 0.29) is 24.9 Å². The number of hydrogen-bond acceptors (Lipinski definition) is 5. The summed E-state index contributed by atoms with van der Waals surface area (Å²) in [6, 6.07) is -0.353. The molecule has 0 saturated heterocycles. The van der Waals surface area contributed by atoms with Crippen molar-refractivity contribution in [2.75, 3.05) is 20.1 Å². The Morgan fingerprint density at radius 3 is 2.67 bits per heavy atom. The number of hydrogen-bond donors (Lipinski definition) is 4. The zero-order valence-corrected chi connectivity index (χ0v) is 9.44. The maximum atomic E-state index is 11.3. The van der Waals surface area contributed by atoms with E-state index in [0.717, 1.165) is 6.54 Å². The number of nitrogens with one attached hydrogen (secondary N) is 1. The minimum Gasteiger partial charge on any atom is -0.392 e. The second-order valence-electron chi connectivity index (χ2n) is 3.64. The van der Waals surface area contributed by atoms with Gasteiger partial charge in [-0.25, -0.2) is 5.01 Å². The van der Waals surface area contributed by atoms with E-state index < -0.39 is 6.10 Å². The molecule has 0 aromatic carbocycles. The molecular weight excluding hydrogens is 196 g/mol. The predicted molar refractivity (Wildman–Crippen MR) is 58.7 cm³/mol. The highest BCUT2D eigenvalue weighted by Crippen LogP contribution is 1.99. The molecule has 0 heterocycles. The minimum atomic E-state index is -0.628. The first-order chi connectivity index (χ1) is 6.99. The van der Waals surface area contributed by atoms with E-state index >= 15 is 0 Å². The van der Waals surface area contributed by atoms with Crippen LogP contribution in [-0.4, -0.2) is 48.3 Å². The monoisotopic (exact) mass is 218 g/mol. The Hall–Kier alpha value is -0.690. The first-order valence-corrected chi connectivity index (χ1v) is 5.13. The second kappa shape index (κ2) is 7.58. The van der Waals surface area contributed by atoms with Gasteiger partial charge in [0.2, 0.25) is 5.91 Å². The van der Waals surface area contributed by atoms with Gasteiger partial charge in [0.1, 0.15) is 0 Å². The van der Waals surface area contributed by atoms with Gasteiger partial charge in [-0.1, -0.05) is 6.92 Å². The fourth-order valence-corrected chi connectivity index (χ4v) is 1.10. The quantitative estimate of drug-likeness (QED) is 0.385. The second-order valence-corrected chi connectivity index (χ2v) is 3.64. The molecule has 0 spiro atoms. The van der Waals surface area contributed by atoms with Crippen molar-refractivity contribution in [3.05, 3.63) is 0 Å². The van der Waals surface area contributed by atoms with Gasteiger partial charge in [0, 0.05) is 32.6 Å². The average molecular weight is 218 g/mol. The van der Waals surface area contributed by atoms with Crippen LogP contribution < -0.4 is 16.9 Å². The van der Waals surface area contributed by atoms with Gasteiger partial charge in [-0.15, -0.1) is 0 Å². The number of carbonyl (C=O) groups excluding carboxylic acids is 1. The molecule has 0 aliphatic carbocycles. The largest absolute Gasteiger partial charge is 0.392 e. The smallest absolute Gasteiger partial charge is 0.235 e. The standard InChI is InChI=1S/C9H22N4O2/c1-3-13(2)12-9(15)5-7(11)4-8(14)6-10/h7-8,14H,3-6,10-11H2,1-2H3,(H,12,15)/t7-,8-/m0/s1. The van der Waals surface area contributed by atoms with Gasteiger partial charge in [0.05, 0.1) is 6.10 Å². The fraction of sp³-hybridized carbons (Fsp3) is 0.889. The van der Waals surface area contributed by atoms with Crippen molar-refractivity contribution in [1.82, 2.24) is 10.4 Å². The highest BCUT2D eigenvalue weighted by Gasteiger charge is 2.13. The van der Waals surface area contributed by atoms with Crippen LogP contribution in [0.1, 0.15) is 19.8 Å². The lowest BCUT2D eigenvalue weighted by atomic mass is 10.1. The van der Waals surface area contributed by atoms with Gasteiger partial charge in [0.25, 0.3) is 0 Å². The van der Waals surface area contributed by atoms with Gasteiger partial charge in [0.15, 0.2) is 0 Å². The molecule has 0 aromatic heterocycles. The van der Waals surface area contributed by atoms with E-state index in [0.29, 0.717) is 6.42 Å². The molecule has 0 radical (unpaired) electrons. The summed E-state index contributed by atoms with van der Waals surface area (Å²) in [5.74, 6) is -0.143. The lowest BCUT2D eigenvalue weighted by Crippen LogP contribution is -2.42. The molecule has 15 heavy (non-hydrogen) atoms. The number of aliphatic hydroxyl groups is 1. The number of rotatable bonds is 7. The van der Waals surface area contributed by atoms with E-state index in [2.05, 4.69) is 5.43 Å². The summed E-state index contributed by atoms with van der Waals surface area (Å²) in [6.07, 6.45) is -0.0852. The number of aliphatic hydroxyl groups excluding tert-OH is 1. The molecule has 90 valence electrons. The van der Waals surface area contributed by atoms with Crippen LogP contribution in [0.4, 0.5) is 0 Å². The normalized spacial score (nSPS) is 15.1. The van der Waals surface area contributed by atoms with Gasteiger partial charge in [-0.2, -0.15) is 0 Å². The molecule has 2 atom stereocenters. The number of carbonyl (C=O) groups is 1. The molecule has 6 nitrogen and oxygen atoms in total. The summed E-state index contributed by atoms with van der Waals surface area (Å²) in [7, 11) is 1.78. The number of amides is 1.